The van der Waals surface area contributed by atoms with E-state index in [1.54, 1.807) is 0 Å². The topological polar surface area (TPSA) is 68.5 Å². The van der Waals surface area contributed by atoms with Crippen LogP contribution in [0, 0.1) is 6.92 Å². The number of nitrogens with zero attached hydrogens (tertiary/aromatic N) is 5. The second-order valence-electron chi connectivity index (χ2n) is 6.17. The van der Waals surface area contributed by atoms with Crippen molar-refractivity contribution in [3.63, 3.8) is 0 Å². The van der Waals surface area contributed by atoms with Crippen LogP contribution in [0.3, 0.4) is 0 Å². The van der Waals surface area contributed by atoms with Crippen LogP contribution < -0.4 is 5.32 Å². The van der Waals surface area contributed by atoms with Gasteiger partial charge in [-0.2, -0.15) is 0 Å². The van der Waals surface area contributed by atoms with E-state index in [0.29, 0.717) is 6.04 Å². The fraction of sp³-hybridized carbons (Fsp3) is 0.333. The van der Waals surface area contributed by atoms with Gasteiger partial charge in [0, 0.05) is 49.1 Å². The molecule has 4 rings (SSSR count). The maximum absolute atomic E-state index is 4.48. The molecule has 1 N–H and O–H groups in total. The zero-order chi connectivity index (χ0) is 16.4. The van der Waals surface area contributed by atoms with Gasteiger partial charge >= 0.3 is 0 Å². The standard InChI is InChI=1S/C18H20N6/c1-13-22-23-17-8-7-16(12-24(13)17)19-9-14-10-20-18(21-11-14)15-5-3-2-4-6-15/h2-6,10-11,16,19H,7-9,12H2,1H3/t16-/m1/s1. The smallest absolute Gasteiger partial charge is 0.159 e. The van der Waals surface area contributed by atoms with Gasteiger partial charge in [-0.15, -0.1) is 10.2 Å². The first-order valence-electron chi connectivity index (χ1n) is 8.28. The Balaban J connectivity index is 1.38. The van der Waals surface area contributed by atoms with Crippen LogP contribution in [0.1, 0.15) is 23.6 Å². The normalized spacial score (nSPS) is 16.8. The Hall–Kier alpha value is -2.60. The Bertz CT molecular complexity index is 809. The number of rotatable bonds is 4. The first-order chi connectivity index (χ1) is 11.8. The summed E-state index contributed by atoms with van der Waals surface area (Å²) in [5.74, 6) is 2.86. The van der Waals surface area contributed by atoms with Gasteiger partial charge in [0.25, 0.3) is 0 Å². The monoisotopic (exact) mass is 320 g/mol. The molecule has 122 valence electrons. The largest absolute Gasteiger partial charge is 0.314 e. The van der Waals surface area contributed by atoms with E-state index in [4.69, 9.17) is 0 Å². The average Bonchev–Trinajstić information content (AvgIpc) is 3.02. The van der Waals surface area contributed by atoms with Crippen LogP contribution in [0.2, 0.25) is 0 Å². The highest BCUT2D eigenvalue weighted by Gasteiger charge is 2.20. The molecule has 0 saturated heterocycles. The Morgan fingerprint density at radius 1 is 1.12 bits per heavy atom. The third-order valence-corrected chi connectivity index (χ3v) is 4.46. The number of aryl methyl sites for hydroxylation is 2. The number of nitrogens with one attached hydrogen (secondary N) is 1. The van der Waals surface area contributed by atoms with E-state index in [0.717, 1.165) is 54.5 Å². The highest BCUT2D eigenvalue weighted by molar-refractivity contribution is 5.53. The van der Waals surface area contributed by atoms with Crippen molar-refractivity contribution in [2.24, 2.45) is 0 Å². The van der Waals surface area contributed by atoms with Crippen molar-refractivity contribution in [1.82, 2.24) is 30.0 Å². The Labute approximate surface area is 141 Å². The van der Waals surface area contributed by atoms with Crippen molar-refractivity contribution < 1.29 is 0 Å². The van der Waals surface area contributed by atoms with Crippen molar-refractivity contribution >= 4 is 0 Å². The predicted molar refractivity (Wildman–Crippen MR) is 91.2 cm³/mol. The van der Waals surface area contributed by atoms with Gasteiger partial charge in [0.15, 0.2) is 5.82 Å². The summed E-state index contributed by atoms with van der Waals surface area (Å²) in [4.78, 5) is 8.96. The number of aromatic nitrogens is 5. The molecule has 0 aliphatic carbocycles. The summed E-state index contributed by atoms with van der Waals surface area (Å²) in [5, 5.41) is 12.0. The molecule has 0 fully saturated rings. The molecule has 0 amide bonds. The minimum atomic E-state index is 0.431. The van der Waals surface area contributed by atoms with Gasteiger partial charge in [-0.05, 0) is 13.3 Å². The first kappa shape index (κ1) is 15.0. The molecule has 1 aliphatic rings. The number of hydrogen-bond acceptors (Lipinski definition) is 5. The molecule has 0 spiro atoms. The quantitative estimate of drug-likeness (QED) is 0.798. The summed E-state index contributed by atoms with van der Waals surface area (Å²) < 4.78 is 2.20. The minimum Gasteiger partial charge on any atom is -0.314 e. The molecule has 0 saturated carbocycles. The molecular formula is C18H20N6. The lowest BCUT2D eigenvalue weighted by molar-refractivity contribution is 0.375. The van der Waals surface area contributed by atoms with Crippen LogP contribution in [0.25, 0.3) is 11.4 Å². The molecule has 6 heteroatoms. The molecule has 1 aromatic carbocycles. The van der Waals surface area contributed by atoms with E-state index >= 15 is 0 Å². The lowest BCUT2D eigenvalue weighted by atomic mass is 10.1. The van der Waals surface area contributed by atoms with E-state index < -0.39 is 0 Å². The molecule has 3 heterocycles. The third kappa shape index (κ3) is 3.05. The third-order valence-electron chi connectivity index (χ3n) is 4.46. The van der Waals surface area contributed by atoms with Gasteiger partial charge in [-0.3, -0.25) is 0 Å². The molecule has 6 nitrogen and oxygen atoms in total. The highest BCUT2D eigenvalue weighted by Crippen LogP contribution is 2.16. The van der Waals surface area contributed by atoms with E-state index in [-0.39, 0.29) is 0 Å². The van der Waals surface area contributed by atoms with Gasteiger partial charge in [0.05, 0.1) is 0 Å². The summed E-state index contributed by atoms with van der Waals surface area (Å²) >= 11 is 0. The second kappa shape index (κ2) is 6.49. The number of hydrogen-bond donors (Lipinski definition) is 1. The molecule has 2 aromatic heterocycles. The maximum atomic E-state index is 4.48. The van der Waals surface area contributed by atoms with E-state index in [1.165, 1.54) is 0 Å². The lowest BCUT2D eigenvalue weighted by Gasteiger charge is -2.25. The van der Waals surface area contributed by atoms with Crippen LogP contribution in [0.5, 0.6) is 0 Å². The van der Waals surface area contributed by atoms with Gasteiger partial charge in [-0.1, -0.05) is 30.3 Å². The molecule has 1 aliphatic heterocycles. The van der Waals surface area contributed by atoms with Crippen LogP contribution in [-0.2, 0) is 19.5 Å². The van der Waals surface area contributed by atoms with Crippen molar-refractivity contribution in [1.29, 1.82) is 0 Å². The molecule has 0 radical (unpaired) electrons. The summed E-state index contributed by atoms with van der Waals surface area (Å²) in [5.41, 5.74) is 2.14. The van der Waals surface area contributed by atoms with E-state index in [9.17, 15) is 0 Å². The fourth-order valence-electron chi connectivity index (χ4n) is 3.07. The first-order valence-corrected chi connectivity index (χ1v) is 8.28. The molecular weight excluding hydrogens is 300 g/mol. The van der Waals surface area contributed by atoms with Gasteiger partial charge in [-0.25, -0.2) is 9.97 Å². The number of benzene rings is 1. The van der Waals surface area contributed by atoms with Gasteiger partial charge in [0.2, 0.25) is 0 Å². The fourth-order valence-corrected chi connectivity index (χ4v) is 3.07. The summed E-state index contributed by atoms with van der Waals surface area (Å²) in [6, 6.07) is 10.5. The Morgan fingerprint density at radius 3 is 2.71 bits per heavy atom. The summed E-state index contributed by atoms with van der Waals surface area (Å²) in [7, 11) is 0. The van der Waals surface area contributed by atoms with Crippen LogP contribution in [0.4, 0.5) is 0 Å². The minimum absolute atomic E-state index is 0.431. The highest BCUT2D eigenvalue weighted by atomic mass is 15.3. The molecule has 1 atom stereocenters. The van der Waals surface area contributed by atoms with Crippen LogP contribution >= 0.6 is 0 Å². The van der Waals surface area contributed by atoms with E-state index in [2.05, 4.69) is 30.0 Å². The van der Waals surface area contributed by atoms with Crippen molar-refractivity contribution in [2.45, 2.75) is 38.9 Å². The van der Waals surface area contributed by atoms with Crippen LogP contribution in [0.15, 0.2) is 42.7 Å². The van der Waals surface area contributed by atoms with Crippen LogP contribution in [-0.4, -0.2) is 30.8 Å². The SMILES string of the molecule is Cc1nnc2n1C[C@H](NCc1cnc(-c3ccccc3)nc1)CC2. The van der Waals surface area contributed by atoms with Gasteiger partial charge < -0.3 is 9.88 Å². The van der Waals surface area contributed by atoms with Crippen molar-refractivity contribution in [3.8, 4) is 11.4 Å². The predicted octanol–water partition coefficient (Wildman–Crippen LogP) is 2.15. The van der Waals surface area contributed by atoms with E-state index in [1.807, 2.05) is 49.6 Å². The van der Waals surface area contributed by atoms with Gasteiger partial charge in [0.1, 0.15) is 11.6 Å². The van der Waals surface area contributed by atoms with Crippen molar-refractivity contribution in [2.75, 3.05) is 0 Å². The summed E-state index contributed by atoms with van der Waals surface area (Å²) in [6.45, 7) is 3.71. The Kier molecular flexibility index (Phi) is 4.04. The molecule has 0 unspecified atom stereocenters. The Morgan fingerprint density at radius 2 is 1.92 bits per heavy atom. The average molecular weight is 320 g/mol. The molecule has 0 bridgehead atoms. The zero-order valence-corrected chi connectivity index (χ0v) is 13.7. The second-order valence-corrected chi connectivity index (χ2v) is 6.17. The molecule has 3 aromatic rings. The summed E-state index contributed by atoms with van der Waals surface area (Å²) in [6.07, 6.45) is 5.87. The molecule has 24 heavy (non-hydrogen) atoms. The lowest BCUT2D eigenvalue weighted by Crippen LogP contribution is -2.37. The van der Waals surface area contributed by atoms with Crippen molar-refractivity contribution in [3.05, 3.63) is 59.9 Å². The number of fused-ring (bicyclic) bond motifs is 1. The maximum Gasteiger partial charge on any atom is 0.159 e. The zero-order valence-electron chi connectivity index (χ0n) is 13.7.